The normalized spacial score (nSPS) is 18.1. The van der Waals surface area contributed by atoms with Crippen molar-refractivity contribution >= 4 is 11.3 Å². The van der Waals surface area contributed by atoms with E-state index in [1.807, 2.05) is 13.1 Å². The van der Waals surface area contributed by atoms with E-state index in [-0.39, 0.29) is 6.04 Å². The molecule has 0 amide bonds. The van der Waals surface area contributed by atoms with E-state index in [1.165, 1.54) is 5.56 Å². The molecule has 122 valence electrons. The fourth-order valence-electron chi connectivity index (χ4n) is 3.02. The van der Waals surface area contributed by atoms with Crippen molar-refractivity contribution in [1.29, 1.82) is 5.26 Å². The van der Waals surface area contributed by atoms with Crippen molar-refractivity contribution < 1.29 is 0 Å². The molecule has 4 heteroatoms. The maximum absolute atomic E-state index is 9.64. The fourth-order valence-corrected chi connectivity index (χ4v) is 3.02. The molecule has 1 unspecified atom stereocenters. The van der Waals surface area contributed by atoms with Crippen molar-refractivity contribution in [3.05, 3.63) is 34.7 Å². The van der Waals surface area contributed by atoms with Crippen LogP contribution in [0.4, 0.5) is 0 Å². The quantitative estimate of drug-likeness (QED) is 0.905. The average Bonchev–Trinajstić information content (AvgIpc) is 2.55. The molecule has 0 saturated carbocycles. The Morgan fingerprint density at radius 1 is 1.43 bits per heavy atom. The summed E-state index contributed by atoms with van der Waals surface area (Å²) in [6.45, 7) is 8.81. The summed E-state index contributed by atoms with van der Waals surface area (Å²) in [5.74, 6) is 0.397. The third-order valence-electron chi connectivity index (χ3n) is 4.42. The summed E-state index contributed by atoms with van der Waals surface area (Å²) in [6.07, 6.45) is 4.60. The van der Waals surface area contributed by atoms with Crippen LogP contribution in [0.3, 0.4) is 0 Å². The van der Waals surface area contributed by atoms with E-state index in [1.54, 1.807) is 0 Å². The predicted octanol–water partition coefficient (Wildman–Crippen LogP) is 3.45. The number of hydrogen-bond donors (Lipinski definition) is 1. The van der Waals surface area contributed by atoms with Gasteiger partial charge in [0.1, 0.15) is 0 Å². The summed E-state index contributed by atoms with van der Waals surface area (Å²) in [5.41, 5.74) is 11.7. The van der Waals surface area contributed by atoms with Gasteiger partial charge in [0.05, 0.1) is 17.8 Å². The summed E-state index contributed by atoms with van der Waals surface area (Å²) < 4.78 is 0. The zero-order valence-corrected chi connectivity index (χ0v) is 14.6. The second kappa shape index (κ2) is 7.52. The zero-order valence-electron chi connectivity index (χ0n) is 14.6. The highest BCUT2D eigenvalue weighted by molar-refractivity contribution is 6.26. The lowest BCUT2D eigenvalue weighted by atomic mass is 9.86. The molecule has 2 N–H and O–H groups in total. The van der Waals surface area contributed by atoms with E-state index in [9.17, 15) is 5.26 Å². The fraction of sp³-hybridized carbons (Fsp3) is 0.526. The van der Waals surface area contributed by atoms with Crippen LogP contribution in [-0.4, -0.2) is 23.3 Å². The van der Waals surface area contributed by atoms with Crippen molar-refractivity contribution in [1.82, 2.24) is 4.98 Å². The van der Waals surface area contributed by atoms with Gasteiger partial charge >= 0.3 is 0 Å². The number of nitrogens with two attached hydrogens (primary N) is 1. The van der Waals surface area contributed by atoms with Gasteiger partial charge < -0.3 is 5.73 Å². The Morgan fingerprint density at radius 3 is 2.74 bits per heavy atom. The van der Waals surface area contributed by atoms with Gasteiger partial charge in [-0.05, 0) is 30.9 Å². The van der Waals surface area contributed by atoms with Gasteiger partial charge in [-0.2, -0.15) is 5.26 Å². The van der Waals surface area contributed by atoms with Crippen molar-refractivity contribution in [3.63, 3.8) is 0 Å². The first kappa shape index (κ1) is 17.4. The number of aliphatic imine (C=N–C) groups is 1. The summed E-state index contributed by atoms with van der Waals surface area (Å²) >= 11 is 0. The van der Waals surface area contributed by atoms with Crippen LogP contribution in [0.15, 0.2) is 22.8 Å². The number of nitriles is 1. The number of aryl methyl sites for hydroxylation is 2. The first-order valence-corrected chi connectivity index (χ1v) is 8.38. The smallest absolute Gasteiger partial charge is 0.0955 e. The monoisotopic (exact) mass is 310 g/mol. The van der Waals surface area contributed by atoms with Gasteiger partial charge in [0.2, 0.25) is 0 Å². The van der Waals surface area contributed by atoms with Crippen LogP contribution in [0.2, 0.25) is 0 Å². The molecule has 2 rings (SSSR count). The standard InChI is InChI=1S/C19H26N4/c1-5-6-14-7-16(11-22-13(14)4)19-15(9-20)8-17(12(2)3)23-18(19)10-21/h7,11-12,17H,5-6,8,10,21H2,1-4H3. The third kappa shape index (κ3) is 3.68. The van der Waals surface area contributed by atoms with E-state index < -0.39 is 0 Å². The molecule has 4 nitrogen and oxygen atoms in total. The summed E-state index contributed by atoms with van der Waals surface area (Å²) in [6, 6.07) is 4.67. The van der Waals surface area contributed by atoms with E-state index in [2.05, 4.69) is 37.9 Å². The summed E-state index contributed by atoms with van der Waals surface area (Å²) in [5, 5.41) is 9.64. The molecule has 0 aliphatic carbocycles. The number of aromatic nitrogens is 1. The highest BCUT2D eigenvalue weighted by atomic mass is 14.8. The second-order valence-electron chi connectivity index (χ2n) is 6.48. The van der Waals surface area contributed by atoms with E-state index in [0.717, 1.165) is 41.0 Å². The largest absolute Gasteiger partial charge is 0.325 e. The molecular formula is C19H26N4. The van der Waals surface area contributed by atoms with Gasteiger partial charge in [-0.1, -0.05) is 27.2 Å². The molecule has 1 aliphatic heterocycles. The maximum Gasteiger partial charge on any atom is 0.0955 e. The molecule has 1 atom stereocenters. The Labute approximate surface area is 139 Å². The van der Waals surface area contributed by atoms with Crippen molar-refractivity contribution in [3.8, 4) is 6.07 Å². The lowest BCUT2D eigenvalue weighted by Crippen LogP contribution is -2.27. The minimum atomic E-state index is 0.139. The van der Waals surface area contributed by atoms with Crippen LogP contribution in [0, 0.1) is 24.2 Å². The Morgan fingerprint density at radius 2 is 2.17 bits per heavy atom. The molecular weight excluding hydrogens is 284 g/mol. The maximum atomic E-state index is 9.64. The SMILES string of the molecule is CCCc1cc(C2=C(C#N)CC(C(C)C)N=C2CN)cnc1C. The van der Waals surface area contributed by atoms with Crippen LogP contribution >= 0.6 is 0 Å². The number of nitrogens with zero attached hydrogens (tertiary/aromatic N) is 3. The molecule has 1 aromatic heterocycles. The molecule has 0 saturated heterocycles. The van der Waals surface area contributed by atoms with Gasteiger partial charge in [-0.3, -0.25) is 9.98 Å². The zero-order chi connectivity index (χ0) is 17.0. The number of rotatable bonds is 5. The van der Waals surface area contributed by atoms with E-state index in [4.69, 9.17) is 10.7 Å². The average molecular weight is 310 g/mol. The van der Waals surface area contributed by atoms with Crippen LogP contribution in [-0.2, 0) is 6.42 Å². The minimum Gasteiger partial charge on any atom is -0.325 e. The highest BCUT2D eigenvalue weighted by Crippen LogP contribution is 2.31. The number of hydrogen-bond acceptors (Lipinski definition) is 4. The molecule has 0 fully saturated rings. The number of pyridine rings is 1. The van der Waals surface area contributed by atoms with Crippen LogP contribution < -0.4 is 5.73 Å². The molecule has 1 aliphatic rings. The minimum absolute atomic E-state index is 0.139. The molecule has 0 bridgehead atoms. The van der Waals surface area contributed by atoms with Gasteiger partial charge in [-0.15, -0.1) is 0 Å². The highest BCUT2D eigenvalue weighted by Gasteiger charge is 2.26. The molecule has 2 heterocycles. The lowest BCUT2D eigenvalue weighted by Gasteiger charge is -2.26. The molecule has 0 spiro atoms. The van der Waals surface area contributed by atoms with Gasteiger partial charge in [-0.25, -0.2) is 0 Å². The first-order chi connectivity index (χ1) is 11.0. The lowest BCUT2D eigenvalue weighted by molar-refractivity contribution is 0.492. The number of dihydropyridines is 1. The van der Waals surface area contributed by atoms with E-state index in [0.29, 0.717) is 18.9 Å². The van der Waals surface area contributed by atoms with Gasteiger partial charge in [0.25, 0.3) is 0 Å². The Bertz CT molecular complexity index is 677. The third-order valence-corrected chi connectivity index (χ3v) is 4.42. The molecule has 1 aromatic rings. The second-order valence-corrected chi connectivity index (χ2v) is 6.48. The van der Waals surface area contributed by atoms with Crippen LogP contribution in [0.25, 0.3) is 5.57 Å². The topological polar surface area (TPSA) is 75.1 Å². The van der Waals surface area contributed by atoms with Crippen LogP contribution in [0.1, 0.15) is 50.4 Å². The van der Waals surface area contributed by atoms with Gasteiger partial charge in [0, 0.05) is 41.6 Å². The first-order valence-electron chi connectivity index (χ1n) is 8.38. The molecule has 23 heavy (non-hydrogen) atoms. The van der Waals surface area contributed by atoms with Crippen molar-refractivity contribution in [2.24, 2.45) is 16.6 Å². The molecule has 0 radical (unpaired) electrons. The Kier molecular flexibility index (Phi) is 5.68. The Hall–Kier alpha value is -1.99. The van der Waals surface area contributed by atoms with Gasteiger partial charge in [0.15, 0.2) is 0 Å². The van der Waals surface area contributed by atoms with Crippen molar-refractivity contribution in [2.75, 3.05) is 6.54 Å². The molecule has 0 aromatic carbocycles. The Balaban J connectivity index is 2.53. The van der Waals surface area contributed by atoms with Crippen LogP contribution in [0.5, 0.6) is 0 Å². The summed E-state index contributed by atoms with van der Waals surface area (Å²) in [7, 11) is 0. The van der Waals surface area contributed by atoms with E-state index >= 15 is 0 Å². The summed E-state index contributed by atoms with van der Waals surface area (Å²) in [4.78, 5) is 9.33. The predicted molar refractivity (Wildman–Crippen MR) is 95.2 cm³/mol. The van der Waals surface area contributed by atoms with Crippen molar-refractivity contribution in [2.45, 2.75) is 53.0 Å².